The van der Waals surface area contributed by atoms with Gasteiger partial charge in [0.1, 0.15) is 0 Å². The van der Waals surface area contributed by atoms with Gasteiger partial charge >= 0.3 is 0 Å². The largest absolute Gasteiger partial charge is 0.265 e. The highest BCUT2D eigenvalue weighted by molar-refractivity contribution is 9.11. The van der Waals surface area contributed by atoms with E-state index in [0.717, 1.165) is 11.8 Å². The molecule has 27 heavy (non-hydrogen) atoms. The quantitative estimate of drug-likeness (QED) is 0.601. The van der Waals surface area contributed by atoms with Crippen molar-refractivity contribution in [3.8, 4) is 0 Å². The molecule has 1 N–H and O–H groups in total. The third-order valence-corrected chi connectivity index (χ3v) is 6.63. The molecule has 0 bridgehead atoms. The number of nitrogens with one attached hydrogen (secondary N) is 1. The number of halogens is 1. The first kappa shape index (κ1) is 24.3. The van der Waals surface area contributed by atoms with Crippen LogP contribution in [0.2, 0.25) is 0 Å². The molecule has 1 rings (SSSR count). The molecule has 0 saturated heterocycles. The van der Waals surface area contributed by atoms with E-state index in [1.165, 1.54) is 0 Å². The highest BCUT2D eigenvalue weighted by Gasteiger charge is 2.30. The van der Waals surface area contributed by atoms with E-state index in [2.05, 4.69) is 20.7 Å². The molecule has 0 aliphatic rings. The van der Waals surface area contributed by atoms with E-state index in [-0.39, 0.29) is 11.5 Å². The summed E-state index contributed by atoms with van der Waals surface area (Å²) in [5.41, 5.74) is 1.90. The van der Waals surface area contributed by atoms with Crippen molar-refractivity contribution in [3.05, 3.63) is 39.4 Å². The van der Waals surface area contributed by atoms with Gasteiger partial charge in [0, 0.05) is 10.5 Å². The molecular weight excluding hydrogens is 454 g/mol. The standard InChI is InChI=1S/C18H28BrNO5S2/c1-12-8-13(2)17(14(3)9-12)27(23,24)20-16(18(4,5)6)10-15(19)11-25-26(7,21)22/h8-10,16,20H,11H2,1-7H3/b15-10-. The normalized spacial score (nSPS) is 15.0. The van der Waals surface area contributed by atoms with Crippen LogP contribution in [0.15, 0.2) is 27.6 Å². The maximum Gasteiger partial charge on any atom is 0.264 e. The fourth-order valence-electron chi connectivity index (χ4n) is 2.67. The number of hydrogen-bond donors (Lipinski definition) is 1. The lowest BCUT2D eigenvalue weighted by Crippen LogP contribution is -2.43. The van der Waals surface area contributed by atoms with Crippen molar-refractivity contribution >= 4 is 36.1 Å². The minimum Gasteiger partial charge on any atom is -0.265 e. The average Bonchev–Trinajstić information content (AvgIpc) is 2.40. The van der Waals surface area contributed by atoms with Crippen molar-refractivity contribution in [1.29, 1.82) is 0 Å². The predicted octanol–water partition coefficient (Wildman–Crippen LogP) is 3.56. The lowest BCUT2D eigenvalue weighted by molar-refractivity contribution is 0.336. The average molecular weight is 482 g/mol. The maximum atomic E-state index is 13.1. The summed E-state index contributed by atoms with van der Waals surface area (Å²) in [6, 6.07) is 3.08. The number of hydrogen-bond acceptors (Lipinski definition) is 5. The van der Waals surface area contributed by atoms with E-state index < -0.39 is 31.6 Å². The van der Waals surface area contributed by atoms with Gasteiger partial charge in [-0.05, 0) is 37.3 Å². The van der Waals surface area contributed by atoms with Crippen LogP contribution in [0.3, 0.4) is 0 Å². The molecule has 1 unspecified atom stereocenters. The molecule has 0 fully saturated rings. The summed E-state index contributed by atoms with van der Waals surface area (Å²) in [7, 11) is -7.38. The zero-order chi connectivity index (χ0) is 21.2. The van der Waals surface area contributed by atoms with Gasteiger partial charge in [0.2, 0.25) is 10.0 Å². The van der Waals surface area contributed by atoms with Crippen molar-refractivity contribution in [2.75, 3.05) is 12.9 Å². The van der Waals surface area contributed by atoms with E-state index >= 15 is 0 Å². The first-order valence-electron chi connectivity index (χ1n) is 8.34. The predicted molar refractivity (Wildman–Crippen MR) is 112 cm³/mol. The first-order chi connectivity index (χ1) is 12.0. The number of aryl methyl sites for hydroxylation is 3. The number of rotatable bonds is 7. The van der Waals surface area contributed by atoms with Gasteiger partial charge in [-0.15, -0.1) is 0 Å². The SMILES string of the molecule is Cc1cc(C)c(S(=O)(=O)NC(/C=C(\Br)COS(C)(=O)=O)C(C)(C)C)c(C)c1. The summed E-state index contributed by atoms with van der Waals surface area (Å²) >= 11 is 3.26. The fourth-order valence-corrected chi connectivity index (χ4v) is 5.38. The lowest BCUT2D eigenvalue weighted by Gasteiger charge is -2.30. The smallest absolute Gasteiger partial charge is 0.264 e. The molecule has 1 aromatic carbocycles. The van der Waals surface area contributed by atoms with E-state index in [1.807, 2.05) is 39.8 Å². The maximum absolute atomic E-state index is 13.1. The molecule has 0 aliphatic heterocycles. The number of benzene rings is 1. The Morgan fingerprint density at radius 3 is 2.04 bits per heavy atom. The molecule has 0 spiro atoms. The van der Waals surface area contributed by atoms with E-state index in [9.17, 15) is 16.8 Å². The van der Waals surface area contributed by atoms with Crippen LogP contribution in [0.1, 0.15) is 37.5 Å². The Bertz CT molecular complexity index is 906. The van der Waals surface area contributed by atoms with Crippen LogP contribution < -0.4 is 4.72 Å². The summed E-state index contributed by atoms with van der Waals surface area (Å²) in [6.45, 7) is 10.9. The molecule has 0 radical (unpaired) electrons. The monoisotopic (exact) mass is 481 g/mol. The molecule has 0 aromatic heterocycles. The minimum atomic E-state index is -3.78. The summed E-state index contributed by atoms with van der Waals surface area (Å²) in [6.07, 6.45) is 2.59. The Morgan fingerprint density at radius 2 is 1.63 bits per heavy atom. The second kappa shape index (κ2) is 8.73. The molecule has 6 nitrogen and oxygen atoms in total. The van der Waals surface area contributed by atoms with Crippen LogP contribution >= 0.6 is 15.9 Å². The van der Waals surface area contributed by atoms with Gasteiger partial charge in [0.05, 0.1) is 17.8 Å². The highest BCUT2D eigenvalue weighted by Crippen LogP contribution is 2.27. The molecular formula is C18H28BrNO5S2. The highest BCUT2D eigenvalue weighted by atomic mass is 79.9. The minimum absolute atomic E-state index is 0.199. The van der Waals surface area contributed by atoms with Crippen molar-refractivity contribution in [1.82, 2.24) is 4.72 Å². The summed E-state index contributed by atoms with van der Waals surface area (Å²) < 4.78 is 56.3. The van der Waals surface area contributed by atoms with Gasteiger partial charge in [0.15, 0.2) is 0 Å². The second-order valence-electron chi connectivity index (χ2n) is 7.77. The first-order valence-corrected chi connectivity index (χ1v) is 12.4. The Kier molecular flexibility index (Phi) is 7.86. The topological polar surface area (TPSA) is 89.5 Å². The molecule has 9 heteroatoms. The van der Waals surface area contributed by atoms with E-state index in [4.69, 9.17) is 4.18 Å². The fraction of sp³-hybridized carbons (Fsp3) is 0.556. The van der Waals surface area contributed by atoms with Crippen LogP contribution in [0.25, 0.3) is 0 Å². The molecule has 0 aliphatic carbocycles. The summed E-state index contributed by atoms with van der Waals surface area (Å²) in [5.74, 6) is 0. The van der Waals surface area contributed by atoms with Gasteiger partial charge in [-0.3, -0.25) is 4.18 Å². The third-order valence-electron chi connectivity index (χ3n) is 3.85. The lowest BCUT2D eigenvalue weighted by atomic mass is 9.87. The van der Waals surface area contributed by atoms with Crippen LogP contribution in [0.5, 0.6) is 0 Å². The zero-order valence-corrected chi connectivity index (χ0v) is 20.0. The van der Waals surface area contributed by atoms with Gasteiger partial charge in [0.25, 0.3) is 10.1 Å². The van der Waals surface area contributed by atoms with Crippen molar-refractivity contribution < 1.29 is 21.0 Å². The Labute approximate surface area is 171 Å². The summed E-state index contributed by atoms with van der Waals surface area (Å²) in [5, 5.41) is 0. The van der Waals surface area contributed by atoms with E-state index in [1.54, 1.807) is 19.9 Å². The number of sulfonamides is 1. The molecule has 0 saturated carbocycles. The van der Waals surface area contributed by atoms with Gasteiger partial charge < -0.3 is 0 Å². The molecule has 1 atom stereocenters. The van der Waals surface area contributed by atoms with Gasteiger partial charge in [-0.2, -0.15) is 8.42 Å². The Balaban J connectivity index is 3.25. The second-order valence-corrected chi connectivity index (χ2v) is 12.1. The Hall–Kier alpha value is -0.740. The molecule has 0 amide bonds. The van der Waals surface area contributed by atoms with E-state index in [0.29, 0.717) is 15.6 Å². The summed E-state index contributed by atoms with van der Waals surface area (Å²) in [4.78, 5) is 0.263. The van der Waals surface area contributed by atoms with Crippen LogP contribution in [0, 0.1) is 26.2 Å². The molecule has 0 heterocycles. The van der Waals surface area contributed by atoms with Crippen LogP contribution in [0.4, 0.5) is 0 Å². The van der Waals surface area contributed by atoms with Gasteiger partial charge in [-0.1, -0.05) is 60.5 Å². The van der Waals surface area contributed by atoms with Crippen LogP contribution in [-0.2, 0) is 24.3 Å². The van der Waals surface area contributed by atoms with Crippen molar-refractivity contribution in [3.63, 3.8) is 0 Å². The van der Waals surface area contributed by atoms with Crippen LogP contribution in [-0.4, -0.2) is 35.7 Å². The third kappa shape index (κ3) is 7.65. The molecule has 1 aromatic rings. The van der Waals surface area contributed by atoms with Crippen molar-refractivity contribution in [2.45, 2.75) is 52.5 Å². The molecule has 154 valence electrons. The van der Waals surface area contributed by atoms with Gasteiger partial charge in [-0.25, -0.2) is 13.1 Å². The zero-order valence-electron chi connectivity index (χ0n) is 16.8. The van der Waals surface area contributed by atoms with Crippen molar-refractivity contribution in [2.24, 2.45) is 5.41 Å². The Morgan fingerprint density at radius 1 is 1.15 bits per heavy atom.